The Labute approximate surface area is 167 Å². The van der Waals surface area contributed by atoms with Crippen molar-refractivity contribution in [2.45, 2.75) is 32.7 Å². The topological polar surface area (TPSA) is 48.0 Å². The SMILES string of the molecule is CCOc1cc2c(cc1OCC)C(C(=O)OC)CN(Cc1ccccc1)CC2. The largest absolute Gasteiger partial charge is 0.490 e. The van der Waals surface area contributed by atoms with Crippen molar-refractivity contribution in [1.82, 2.24) is 4.90 Å². The zero-order valence-corrected chi connectivity index (χ0v) is 16.9. The van der Waals surface area contributed by atoms with Crippen LogP contribution in [0.25, 0.3) is 0 Å². The highest BCUT2D eigenvalue weighted by atomic mass is 16.5. The van der Waals surface area contributed by atoms with Crippen LogP contribution in [0.4, 0.5) is 0 Å². The molecular formula is C23H29NO4. The molecule has 1 atom stereocenters. The molecule has 5 heteroatoms. The first-order valence-electron chi connectivity index (χ1n) is 9.92. The molecule has 0 aromatic heterocycles. The van der Waals surface area contributed by atoms with Crippen molar-refractivity contribution in [3.8, 4) is 11.5 Å². The van der Waals surface area contributed by atoms with Gasteiger partial charge < -0.3 is 14.2 Å². The predicted octanol–water partition coefficient (Wildman–Crippen LogP) is 3.80. The summed E-state index contributed by atoms with van der Waals surface area (Å²) in [5.74, 6) is 0.866. The number of hydrogen-bond acceptors (Lipinski definition) is 5. The molecule has 0 saturated carbocycles. The predicted molar refractivity (Wildman–Crippen MR) is 109 cm³/mol. The zero-order chi connectivity index (χ0) is 19.9. The maximum atomic E-state index is 12.6. The third-order valence-corrected chi connectivity index (χ3v) is 5.05. The van der Waals surface area contributed by atoms with Crippen LogP contribution in [0.3, 0.4) is 0 Å². The molecule has 0 radical (unpaired) electrons. The van der Waals surface area contributed by atoms with Gasteiger partial charge in [0.25, 0.3) is 0 Å². The lowest BCUT2D eigenvalue weighted by Crippen LogP contribution is -2.31. The van der Waals surface area contributed by atoms with E-state index < -0.39 is 0 Å². The second-order valence-corrected chi connectivity index (χ2v) is 6.91. The molecule has 0 bridgehead atoms. The summed E-state index contributed by atoms with van der Waals surface area (Å²) in [5, 5.41) is 0. The van der Waals surface area contributed by atoms with Gasteiger partial charge in [-0.25, -0.2) is 0 Å². The van der Waals surface area contributed by atoms with Crippen molar-refractivity contribution in [2.24, 2.45) is 0 Å². The summed E-state index contributed by atoms with van der Waals surface area (Å²) in [5.41, 5.74) is 3.34. The van der Waals surface area contributed by atoms with Crippen molar-refractivity contribution >= 4 is 5.97 Å². The van der Waals surface area contributed by atoms with Crippen LogP contribution in [0.15, 0.2) is 42.5 Å². The molecule has 2 aromatic carbocycles. The highest BCUT2D eigenvalue weighted by Crippen LogP contribution is 2.37. The molecule has 0 amide bonds. The monoisotopic (exact) mass is 383 g/mol. The summed E-state index contributed by atoms with van der Waals surface area (Å²) in [6.07, 6.45) is 0.849. The number of nitrogens with zero attached hydrogens (tertiary/aromatic N) is 1. The summed E-state index contributed by atoms with van der Waals surface area (Å²) in [6.45, 7) is 7.31. The number of hydrogen-bond donors (Lipinski definition) is 0. The van der Waals surface area contributed by atoms with Crippen LogP contribution in [0.2, 0.25) is 0 Å². The highest BCUT2D eigenvalue weighted by Gasteiger charge is 2.31. The van der Waals surface area contributed by atoms with Crippen LogP contribution in [0.5, 0.6) is 11.5 Å². The van der Waals surface area contributed by atoms with E-state index in [2.05, 4.69) is 17.0 Å². The van der Waals surface area contributed by atoms with Crippen molar-refractivity contribution in [3.05, 3.63) is 59.2 Å². The fraction of sp³-hybridized carbons (Fsp3) is 0.435. The van der Waals surface area contributed by atoms with E-state index in [1.54, 1.807) is 0 Å². The van der Waals surface area contributed by atoms with Crippen LogP contribution in [0.1, 0.15) is 36.5 Å². The van der Waals surface area contributed by atoms with Gasteiger partial charge in [0.1, 0.15) is 0 Å². The van der Waals surface area contributed by atoms with Crippen molar-refractivity contribution in [2.75, 3.05) is 33.4 Å². The second kappa shape index (κ2) is 9.60. The van der Waals surface area contributed by atoms with E-state index in [0.717, 1.165) is 36.4 Å². The maximum Gasteiger partial charge on any atom is 0.314 e. The van der Waals surface area contributed by atoms with E-state index in [1.165, 1.54) is 12.7 Å². The lowest BCUT2D eigenvalue weighted by atomic mass is 9.93. The summed E-state index contributed by atoms with van der Waals surface area (Å²) in [6, 6.07) is 14.3. The minimum Gasteiger partial charge on any atom is -0.490 e. The molecule has 3 rings (SSSR count). The number of carbonyl (C=O) groups excluding carboxylic acids is 1. The van der Waals surface area contributed by atoms with Crippen LogP contribution in [0, 0.1) is 0 Å². The van der Waals surface area contributed by atoms with Gasteiger partial charge in [0.05, 0.1) is 26.2 Å². The molecule has 0 aliphatic carbocycles. The molecule has 28 heavy (non-hydrogen) atoms. The lowest BCUT2D eigenvalue weighted by molar-refractivity contribution is -0.142. The normalized spacial score (nSPS) is 16.8. The first-order valence-corrected chi connectivity index (χ1v) is 9.92. The number of carbonyl (C=O) groups is 1. The van der Waals surface area contributed by atoms with E-state index in [9.17, 15) is 4.79 Å². The Bertz CT molecular complexity index is 791. The van der Waals surface area contributed by atoms with Crippen molar-refractivity contribution < 1.29 is 19.0 Å². The van der Waals surface area contributed by atoms with Gasteiger partial charge in [0.15, 0.2) is 11.5 Å². The second-order valence-electron chi connectivity index (χ2n) is 6.91. The summed E-state index contributed by atoms with van der Waals surface area (Å²) in [7, 11) is 1.45. The number of esters is 1. The quantitative estimate of drug-likeness (QED) is 0.681. The molecule has 2 aromatic rings. The summed E-state index contributed by atoms with van der Waals surface area (Å²) in [4.78, 5) is 15.0. The molecule has 0 spiro atoms. The average molecular weight is 383 g/mol. The number of benzene rings is 2. The van der Waals surface area contributed by atoms with E-state index >= 15 is 0 Å². The third kappa shape index (κ3) is 4.65. The average Bonchev–Trinajstić information content (AvgIpc) is 2.88. The van der Waals surface area contributed by atoms with Gasteiger partial charge in [-0.05, 0) is 49.1 Å². The van der Waals surface area contributed by atoms with E-state index in [-0.39, 0.29) is 11.9 Å². The van der Waals surface area contributed by atoms with Gasteiger partial charge in [0.2, 0.25) is 0 Å². The van der Waals surface area contributed by atoms with Crippen LogP contribution < -0.4 is 9.47 Å². The summed E-state index contributed by atoms with van der Waals surface area (Å²) < 4.78 is 16.7. The number of rotatable bonds is 7. The first kappa shape index (κ1) is 20.2. The maximum absolute atomic E-state index is 12.6. The molecule has 1 heterocycles. The van der Waals surface area contributed by atoms with Crippen LogP contribution >= 0.6 is 0 Å². The van der Waals surface area contributed by atoms with Gasteiger partial charge in [-0.3, -0.25) is 9.69 Å². The Morgan fingerprint density at radius 2 is 1.75 bits per heavy atom. The minimum absolute atomic E-state index is 0.215. The van der Waals surface area contributed by atoms with E-state index in [4.69, 9.17) is 14.2 Å². The molecular weight excluding hydrogens is 354 g/mol. The number of methoxy groups -OCH3 is 1. The Hall–Kier alpha value is -2.53. The van der Waals surface area contributed by atoms with E-state index in [0.29, 0.717) is 25.5 Å². The Morgan fingerprint density at radius 3 is 2.39 bits per heavy atom. The molecule has 1 aliphatic rings. The fourth-order valence-corrected chi connectivity index (χ4v) is 3.75. The molecule has 0 N–H and O–H groups in total. The third-order valence-electron chi connectivity index (χ3n) is 5.05. The molecule has 0 fully saturated rings. The standard InChI is InChI=1S/C23H29NO4/c1-4-27-21-13-18-11-12-24(15-17-9-7-6-8-10-17)16-20(23(25)26-3)19(18)14-22(21)28-5-2/h6-10,13-14,20H,4-5,11-12,15-16H2,1-3H3. The molecule has 1 aliphatic heterocycles. The molecule has 5 nitrogen and oxygen atoms in total. The van der Waals surface area contributed by atoms with Gasteiger partial charge in [-0.1, -0.05) is 30.3 Å². The minimum atomic E-state index is -0.346. The van der Waals surface area contributed by atoms with Crippen molar-refractivity contribution in [1.29, 1.82) is 0 Å². The van der Waals surface area contributed by atoms with Gasteiger partial charge >= 0.3 is 5.97 Å². The van der Waals surface area contributed by atoms with Crippen molar-refractivity contribution in [3.63, 3.8) is 0 Å². The zero-order valence-electron chi connectivity index (χ0n) is 16.9. The van der Waals surface area contributed by atoms with Gasteiger partial charge in [-0.2, -0.15) is 0 Å². The molecule has 0 saturated heterocycles. The van der Waals surface area contributed by atoms with Gasteiger partial charge in [-0.15, -0.1) is 0 Å². The Balaban J connectivity index is 1.94. The van der Waals surface area contributed by atoms with E-state index in [1.807, 2.05) is 44.2 Å². The summed E-state index contributed by atoms with van der Waals surface area (Å²) >= 11 is 0. The number of ether oxygens (including phenoxy) is 3. The smallest absolute Gasteiger partial charge is 0.314 e. The fourth-order valence-electron chi connectivity index (χ4n) is 3.75. The Morgan fingerprint density at radius 1 is 1.07 bits per heavy atom. The van der Waals surface area contributed by atoms with Crippen LogP contribution in [-0.4, -0.2) is 44.3 Å². The Kier molecular flexibility index (Phi) is 6.93. The van der Waals surface area contributed by atoms with Gasteiger partial charge in [0, 0.05) is 19.6 Å². The molecule has 150 valence electrons. The number of fused-ring (bicyclic) bond motifs is 1. The highest BCUT2D eigenvalue weighted by molar-refractivity contribution is 5.79. The van der Waals surface area contributed by atoms with Crippen LogP contribution in [-0.2, 0) is 22.5 Å². The molecule has 1 unspecified atom stereocenters. The first-order chi connectivity index (χ1) is 13.7. The lowest BCUT2D eigenvalue weighted by Gasteiger charge is -2.24.